The number of nitrogens with zero attached hydrogens (tertiary/aromatic N) is 3. The molecule has 0 bridgehead atoms. The lowest BCUT2D eigenvalue weighted by Gasteiger charge is -2.20. The van der Waals surface area contributed by atoms with Gasteiger partial charge in [-0.3, -0.25) is 9.78 Å². The molecule has 0 radical (unpaired) electrons. The molecule has 1 aliphatic heterocycles. The molecule has 2 heterocycles. The molecule has 1 amide bonds. The van der Waals surface area contributed by atoms with Gasteiger partial charge in [-0.25, -0.2) is 13.4 Å². The summed E-state index contributed by atoms with van der Waals surface area (Å²) in [7, 11) is -3.49. The molecule has 0 aliphatic carbocycles. The third-order valence-corrected chi connectivity index (χ3v) is 6.24. The predicted octanol–water partition coefficient (Wildman–Crippen LogP) is 2.60. The summed E-state index contributed by atoms with van der Waals surface area (Å²) >= 11 is 0. The molecule has 8 heteroatoms. The minimum absolute atomic E-state index is 0.205. The van der Waals surface area contributed by atoms with Gasteiger partial charge in [0.05, 0.1) is 16.8 Å². The molecule has 0 atom stereocenters. The highest BCUT2D eigenvalue weighted by Gasteiger charge is 2.25. The van der Waals surface area contributed by atoms with Crippen LogP contribution in [0.1, 0.15) is 41.9 Å². The van der Waals surface area contributed by atoms with Crippen LogP contribution in [0.3, 0.4) is 0 Å². The van der Waals surface area contributed by atoms with Crippen LogP contribution >= 0.6 is 0 Å². The SMILES string of the molecule is Cc1cnc(C(=O)Nc2ccc(S(=O)(=O)N3CCCCCC3)cc2)cn1. The molecule has 3 rings (SSSR count). The van der Waals surface area contributed by atoms with E-state index in [1.54, 1.807) is 23.4 Å². The monoisotopic (exact) mass is 374 g/mol. The summed E-state index contributed by atoms with van der Waals surface area (Å²) < 4.78 is 27.0. The topological polar surface area (TPSA) is 92.3 Å². The van der Waals surface area contributed by atoms with Gasteiger partial charge < -0.3 is 5.32 Å². The van der Waals surface area contributed by atoms with Crippen molar-refractivity contribution in [3.05, 3.63) is 48.0 Å². The molecule has 1 fully saturated rings. The summed E-state index contributed by atoms with van der Waals surface area (Å²) in [6, 6.07) is 6.22. The van der Waals surface area contributed by atoms with Crippen LogP contribution in [-0.4, -0.2) is 41.7 Å². The minimum atomic E-state index is -3.49. The molecule has 1 N–H and O–H groups in total. The molecule has 1 aliphatic rings. The van der Waals surface area contributed by atoms with Gasteiger partial charge in [-0.2, -0.15) is 4.31 Å². The Kier molecular flexibility index (Phi) is 5.63. The van der Waals surface area contributed by atoms with Gasteiger partial charge in [0.15, 0.2) is 0 Å². The van der Waals surface area contributed by atoms with Crippen LogP contribution in [0.4, 0.5) is 5.69 Å². The van der Waals surface area contributed by atoms with E-state index in [4.69, 9.17) is 0 Å². The van der Waals surface area contributed by atoms with Gasteiger partial charge in [0.2, 0.25) is 10.0 Å². The summed E-state index contributed by atoms with van der Waals surface area (Å²) in [6.07, 6.45) is 6.85. The Morgan fingerprint density at radius 2 is 1.65 bits per heavy atom. The highest BCUT2D eigenvalue weighted by molar-refractivity contribution is 7.89. The molecule has 1 aromatic heterocycles. The predicted molar refractivity (Wildman–Crippen MR) is 98.4 cm³/mol. The number of aryl methyl sites for hydroxylation is 1. The maximum Gasteiger partial charge on any atom is 0.275 e. The maximum absolute atomic E-state index is 12.7. The van der Waals surface area contributed by atoms with Crippen molar-refractivity contribution in [1.82, 2.24) is 14.3 Å². The normalized spacial score (nSPS) is 16.0. The van der Waals surface area contributed by atoms with Crippen molar-refractivity contribution in [2.24, 2.45) is 0 Å². The van der Waals surface area contributed by atoms with Crippen molar-refractivity contribution in [2.45, 2.75) is 37.5 Å². The Bertz CT molecular complexity index is 856. The molecule has 0 spiro atoms. The van der Waals surface area contributed by atoms with Crippen molar-refractivity contribution >= 4 is 21.6 Å². The number of nitrogens with one attached hydrogen (secondary N) is 1. The largest absolute Gasteiger partial charge is 0.321 e. The van der Waals surface area contributed by atoms with Crippen molar-refractivity contribution in [1.29, 1.82) is 0 Å². The van der Waals surface area contributed by atoms with Crippen LogP contribution in [0, 0.1) is 6.92 Å². The van der Waals surface area contributed by atoms with Crippen LogP contribution in [0.15, 0.2) is 41.6 Å². The van der Waals surface area contributed by atoms with Crippen molar-refractivity contribution < 1.29 is 13.2 Å². The lowest BCUT2D eigenvalue weighted by molar-refractivity contribution is 0.102. The van der Waals surface area contributed by atoms with Gasteiger partial charge in [0.25, 0.3) is 5.91 Å². The number of rotatable bonds is 4. The van der Waals surface area contributed by atoms with E-state index in [1.165, 1.54) is 24.5 Å². The van der Waals surface area contributed by atoms with Crippen LogP contribution < -0.4 is 5.32 Å². The van der Waals surface area contributed by atoms with Crippen LogP contribution in [0.25, 0.3) is 0 Å². The first-order chi connectivity index (χ1) is 12.5. The van der Waals surface area contributed by atoms with Crippen molar-refractivity contribution in [2.75, 3.05) is 18.4 Å². The number of sulfonamides is 1. The molecule has 0 unspecified atom stereocenters. The minimum Gasteiger partial charge on any atom is -0.321 e. The lowest BCUT2D eigenvalue weighted by atomic mass is 10.2. The van der Waals surface area contributed by atoms with E-state index in [-0.39, 0.29) is 16.5 Å². The number of hydrogen-bond acceptors (Lipinski definition) is 5. The summed E-state index contributed by atoms with van der Waals surface area (Å²) in [5.41, 5.74) is 1.44. The highest BCUT2D eigenvalue weighted by Crippen LogP contribution is 2.22. The van der Waals surface area contributed by atoms with Gasteiger partial charge in [-0.1, -0.05) is 12.8 Å². The standard InChI is InChI=1S/C18H22N4O3S/c1-14-12-20-17(13-19-14)18(23)21-15-6-8-16(9-7-15)26(24,25)22-10-4-2-3-5-11-22/h6-9,12-13H,2-5,10-11H2,1H3,(H,21,23). The van der Waals surface area contributed by atoms with Crippen molar-refractivity contribution in [3.63, 3.8) is 0 Å². The van der Waals surface area contributed by atoms with Gasteiger partial charge in [-0.15, -0.1) is 0 Å². The number of aromatic nitrogens is 2. The average Bonchev–Trinajstić information content (AvgIpc) is 2.93. The first kappa shape index (κ1) is 18.5. The second-order valence-corrected chi connectivity index (χ2v) is 8.28. The fraction of sp³-hybridized carbons (Fsp3) is 0.389. The molecule has 7 nitrogen and oxygen atoms in total. The molecule has 2 aromatic rings. The average molecular weight is 374 g/mol. The van der Waals surface area contributed by atoms with E-state index in [9.17, 15) is 13.2 Å². The van der Waals surface area contributed by atoms with Gasteiger partial charge >= 0.3 is 0 Å². The van der Waals surface area contributed by atoms with Gasteiger partial charge in [0, 0.05) is 25.0 Å². The fourth-order valence-electron chi connectivity index (χ4n) is 2.85. The molecule has 0 saturated carbocycles. The zero-order chi connectivity index (χ0) is 18.6. The van der Waals surface area contributed by atoms with Crippen LogP contribution in [0.5, 0.6) is 0 Å². The van der Waals surface area contributed by atoms with E-state index in [1.807, 2.05) is 0 Å². The zero-order valence-electron chi connectivity index (χ0n) is 14.7. The first-order valence-corrected chi connectivity index (χ1v) is 10.1. The number of benzene rings is 1. The Balaban J connectivity index is 1.71. The van der Waals surface area contributed by atoms with Gasteiger partial charge in [0.1, 0.15) is 5.69 Å². The Morgan fingerprint density at radius 1 is 1.00 bits per heavy atom. The molecular weight excluding hydrogens is 352 g/mol. The quantitative estimate of drug-likeness (QED) is 0.888. The fourth-order valence-corrected chi connectivity index (χ4v) is 4.36. The second kappa shape index (κ2) is 7.92. The third kappa shape index (κ3) is 4.25. The number of carbonyl (C=O) groups is 1. The molecule has 26 heavy (non-hydrogen) atoms. The van der Waals surface area contributed by atoms with E-state index < -0.39 is 10.0 Å². The summed E-state index contributed by atoms with van der Waals surface area (Å²) in [6.45, 7) is 2.91. The highest BCUT2D eigenvalue weighted by atomic mass is 32.2. The molecule has 138 valence electrons. The van der Waals surface area contributed by atoms with E-state index in [2.05, 4.69) is 15.3 Å². The van der Waals surface area contributed by atoms with Crippen LogP contribution in [0.2, 0.25) is 0 Å². The molecule has 1 saturated heterocycles. The Hall–Kier alpha value is -2.32. The van der Waals surface area contributed by atoms with Crippen molar-refractivity contribution in [3.8, 4) is 0 Å². The molecular formula is C18H22N4O3S. The second-order valence-electron chi connectivity index (χ2n) is 6.34. The van der Waals surface area contributed by atoms with E-state index >= 15 is 0 Å². The summed E-state index contributed by atoms with van der Waals surface area (Å²) in [5, 5.41) is 2.70. The number of carbonyl (C=O) groups excluding carboxylic acids is 1. The van der Waals surface area contributed by atoms with E-state index in [0.29, 0.717) is 18.8 Å². The maximum atomic E-state index is 12.7. The number of hydrogen-bond donors (Lipinski definition) is 1. The summed E-state index contributed by atoms with van der Waals surface area (Å²) in [4.78, 5) is 20.5. The molecule has 1 aromatic carbocycles. The lowest BCUT2D eigenvalue weighted by Crippen LogP contribution is -2.31. The Morgan fingerprint density at radius 3 is 2.23 bits per heavy atom. The van der Waals surface area contributed by atoms with E-state index in [0.717, 1.165) is 31.4 Å². The number of anilines is 1. The smallest absolute Gasteiger partial charge is 0.275 e. The van der Waals surface area contributed by atoms with Crippen LogP contribution in [-0.2, 0) is 10.0 Å². The zero-order valence-corrected chi connectivity index (χ0v) is 15.5. The number of amides is 1. The Labute approximate surface area is 153 Å². The first-order valence-electron chi connectivity index (χ1n) is 8.67. The van der Waals surface area contributed by atoms with Gasteiger partial charge in [-0.05, 0) is 44.0 Å². The third-order valence-electron chi connectivity index (χ3n) is 4.33. The summed E-state index contributed by atoms with van der Waals surface area (Å²) in [5.74, 6) is -0.388.